The number of alkyl halides is 1. The number of ether oxygens (including phenoxy) is 1. The van der Waals surface area contributed by atoms with E-state index in [2.05, 4.69) is 64.1 Å². The van der Waals surface area contributed by atoms with Gasteiger partial charge in [-0.2, -0.15) is 0 Å². The maximum Gasteiger partial charge on any atom is 0.289 e. The van der Waals surface area contributed by atoms with Crippen molar-refractivity contribution in [3.05, 3.63) is 83.3 Å². The Morgan fingerprint density at radius 1 is 1.05 bits per heavy atom. The van der Waals surface area contributed by atoms with Crippen LogP contribution in [0.3, 0.4) is 0 Å². The largest absolute Gasteiger partial charge is 0.503 e. The molecule has 2 aromatic carbocycles. The first-order chi connectivity index (χ1) is 18.1. The third-order valence-electron chi connectivity index (χ3n) is 6.66. The Balaban J connectivity index is 1.38. The first-order valence-electron chi connectivity index (χ1n) is 12.9. The van der Waals surface area contributed by atoms with Gasteiger partial charge in [0, 0.05) is 54.6 Å². The van der Waals surface area contributed by atoms with Crippen molar-refractivity contribution in [2.75, 3.05) is 46.1 Å². The lowest BCUT2D eigenvalue weighted by atomic mass is 9.87. The number of amides is 1. The maximum atomic E-state index is 12.7. The maximum absolute atomic E-state index is 12.7. The number of morpholine rings is 1. The Morgan fingerprint density at radius 2 is 1.73 bits per heavy atom. The second kappa shape index (κ2) is 14.3. The van der Waals surface area contributed by atoms with Crippen LogP contribution < -0.4 is 10.6 Å². The first-order valence-corrected chi connectivity index (χ1v) is 13.7. The lowest BCUT2D eigenvalue weighted by molar-refractivity contribution is -0.119. The molecule has 1 fully saturated rings. The molecule has 1 unspecified atom stereocenters. The molecule has 0 spiro atoms. The van der Waals surface area contributed by atoms with Gasteiger partial charge in [0.2, 0.25) is 0 Å². The molecule has 2 aromatic rings. The van der Waals surface area contributed by atoms with Crippen molar-refractivity contribution in [3.8, 4) is 0 Å². The number of carbonyl (C=O) groups excluding carboxylic acids is 1. The Hall–Kier alpha value is -2.65. The molecular formula is C29H36FN3O3S. The number of hydrogen-bond donors (Lipinski definition) is 3. The average Bonchev–Trinajstić information content (AvgIpc) is 2.92. The second-order valence-corrected chi connectivity index (χ2v) is 10.5. The third-order valence-corrected chi connectivity index (χ3v) is 7.68. The van der Waals surface area contributed by atoms with Crippen LogP contribution in [0.25, 0.3) is 0 Å². The van der Waals surface area contributed by atoms with Crippen LogP contribution in [-0.4, -0.2) is 62.0 Å². The molecule has 0 aliphatic carbocycles. The zero-order valence-electron chi connectivity index (χ0n) is 21.1. The number of rotatable bonds is 11. The molecule has 0 bridgehead atoms. The zero-order valence-corrected chi connectivity index (χ0v) is 21.9. The van der Waals surface area contributed by atoms with E-state index in [9.17, 15) is 14.3 Å². The summed E-state index contributed by atoms with van der Waals surface area (Å²) in [5.74, 6) is -0.828. The number of nitrogens with zero attached hydrogens (tertiary/aromatic N) is 1. The number of aliphatic hydroxyl groups is 1. The molecule has 0 saturated carbocycles. The molecule has 2 aliphatic heterocycles. The van der Waals surface area contributed by atoms with Crippen LogP contribution in [0.5, 0.6) is 0 Å². The van der Waals surface area contributed by atoms with E-state index in [0.29, 0.717) is 25.0 Å². The topological polar surface area (TPSA) is 73.8 Å². The SMILES string of the molecule is O=C1N/C=C\CCC(C(CNCCF)Cc2ccc(Sc3ccc(CN4CCOCC4)cc3)cc2)=C1O. The summed E-state index contributed by atoms with van der Waals surface area (Å²) in [5.41, 5.74) is 3.13. The van der Waals surface area contributed by atoms with Gasteiger partial charge in [-0.15, -0.1) is 0 Å². The van der Waals surface area contributed by atoms with Gasteiger partial charge in [0.1, 0.15) is 6.67 Å². The standard InChI is InChI=1S/C29H36FN3O3S/c30-12-14-31-20-24(27-3-1-2-13-32-29(35)28(27)34)19-22-4-8-25(9-5-22)37-26-10-6-23(7-11-26)21-33-15-17-36-18-16-33/h2,4-11,13,24,31,34H,1,3,12,14-21H2,(H,32,35)/b13-2-,28-27?. The van der Waals surface area contributed by atoms with Gasteiger partial charge >= 0.3 is 0 Å². The minimum Gasteiger partial charge on any atom is -0.503 e. The highest BCUT2D eigenvalue weighted by molar-refractivity contribution is 7.99. The fraction of sp³-hybridized carbons (Fsp3) is 0.414. The van der Waals surface area contributed by atoms with Crippen LogP contribution in [0.15, 0.2) is 81.9 Å². The fourth-order valence-electron chi connectivity index (χ4n) is 4.64. The van der Waals surface area contributed by atoms with Crippen LogP contribution in [0.4, 0.5) is 4.39 Å². The minimum atomic E-state index is -0.496. The Morgan fingerprint density at radius 3 is 2.41 bits per heavy atom. The number of benzene rings is 2. The molecular weight excluding hydrogens is 489 g/mol. The van der Waals surface area contributed by atoms with Crippen LogP contribution >= 0.6 is 11.8 Å². The molecule has 1 atom stereocenters. The van der Waals surface area contributed by atoms with Crippen molar-refractivity contribution in [1.82, 2.24) is 15.5 Å². The lowest BCUT2D eigenvalue weighted by Gasteiger charge is -2.26. The number of hydrogen-bond acceptors (Lipinski definition) is 6. The van der Waals surface area contributed by atoms with Crippen molar-refractivity contribution < 1.29 is 19.0 Å². The van der Waals surface area contributed by atoms with Crippen molar-refractivity contribution >= 4 is 17.7 Å². The first kappa shape index (κ1) is 27.4. The third kappa shape index (κ3) is 8.43. The molecule has 2 aliphatic rings. The van der Waals surface area contributed by atoms with E-state index in [0.717, 1.165) is 49.7 Å². The molecule has 8 heteroatoms. The molecule has 2 heterocycles. The predicted molar refractivity (Wildman–Crippen MR) is 145 cm³/mol. The highest BCUT2D eigenvalue weighted by atomic mass is 32.2. The summed E-state index contributed by atoms with van der Waals surface area (Å²) in [5, 5.41) is 16.3. The van der Waals surface area contributed by atoms with Gasteiger partial charge in [-0.25, -0.2) is 4.39 Å². The summed E-state index contributed by atoms with van der Waals surface area (Å²) >= 11 is 1.72. The van der Waals surface area contributed by atoms with Crippen LogP contribution in [0.2, 0.25) is 0 Å². The van der Waals surface area contributed by atoms with E-state index in [1.807, 2.05) is 6.08 Å². The molecule has 4 rings (SSSR count). The Labute approximate surface area is 223 Å². The molecule has 3 N–H and O–H groups in total. The molecule has 0 aromatic heterocycles. The minimum absolute atomic E-state index is 0.110. The van der Waals surface area contributed by atoms with E-state index < -0.39 is 12.6 Å². The molecule has 37 heavy (non-hydrogen) atoms. The van der Waals surface area contributed by atoms with Crippen molar-refractivity contribution in [1.29, 1.82) is 0 Å². The Bertz CT molecular complexity index is 1070. The second-order valence-electron chi connectivity index (χ2n) is 9.36. The molecule has 1 amide bonds. The smallest absolute Gasteiger partial charge is 0.289 e. The molecule has 0 radical (unpaired) electrons. The summed E-state index contributed by atoms with van der Waals surface area (Å²) in [6.45, 7) is 4.82. The number of aliphatic hydroxyl groups excluding tert-OH is 1. The summed E-state index contributed by atoms with van der Waals surface area (Å²) in [6, 6.07) is 17.1. The van der Waals surface area contributed by atoms with Gasteiger partial charge in [-0.1, -0.05) is 42.1 Å². The van der Waals surface area contributed by atoms with Gasteiger partial charge in [0.15, 0.2) is 5.76 Å². The summed E-state index contributed by atoms with van der Waals surface area (Å²) in [4.78, 5) is 17.0. The lowest BCUT2D eigenvalue weighted by Crippen LogP contribution is -2.35. The van der Waals surface area contributed by atoms with E-state index in [1.54, 1.807) is 18.0 Å². The average molecular weight is 526 g/mol. The highest BCUT2D eigenvalue weighted by Crippen LogP contribution is 2.30. The summed E-state index contributed by atoms with van der Waals surface area (Å²) < 4.78 is 18.1. The van der Waals surface area contributed by atoms with Gasteiger partial charge in [0.25, 0.3) is 5.91 Å². The van der Waals surface area contributed by atoms with Crippen LogP contribution in [-0.2, 0) is 22.5 Å². The zero-order chi connectivity index (χ0) is 25.9. The highest BCUT2D eigenvalue weighted by Gasteiger charge is 2.23. The van der Waals surface area contributed by atoms with Gasteiger partial charge in [-0.05, 0) is 60.2 Å². The normalized spacial score (nSPS) is 18.7. The van der Waals surface area contributed by atoms with Crippen molar-refractivity contribution in [3.63, 3.8) is 0 Å². The van der Waals surface area contributed by atoms with Crippen molar-refractivity contribution in [2.24, 2.45) is 5.92 Å². The fourth-order valence-corrected chi connectivity index (χ4v) is 5.46. The summed E-state index contributed by atoms with van der Waals surface area (Å²) in [7, 11) is 0. The van der Waals surface area contributed by atoms with Crippen LogP contribution in [0, 0.1) is 5.92 Å². The van der Waals surface area contributed by atoms with Gasteiger partial charge in [-0.3, -0.25) is 9.69 Å². The Kier molecular flexibility index (Phi) is 10.6. The number of carbonyl (C=O) groups is 1. The summed E-state index contributed by atoms with van der Waals surface area (Å²) in [6.07, 6.45) is 5.42. The van der Waals surface area contributed by atoms with Crippen molar-refractivity contribution in [2.45, 2.75) is 35.6 Å². The van der Waals surface area contributed by atoms with E-state index >= 15 is 0 Å². The number of halogens is 1. The van der Waals surface area contributed by atoms with Crippen LogP contribution in [0.1, 0.15) is 24.0 Å². The molecule has 1 saturated heterocycles. The van der Waals surface area contributed by atoms with E-state index in [4.69, 9.17) is 4.74 Å². The molecule has 198 valence electrons. The van der Waals surface area contributed by atoms with E-state index in [-0.39, 0.29) is 18.2 Å². The number of allylic oxidation sites excluding steroid dienone is 1. The number of nitrogens with one attached hydrogen (secondary N) is 2. The van der Waals surface area contributed by atoms with E-state index in [1.165, 1.54) is 10.5 Å². The monoisotopic (exact) mass is 525 g/mol. The quantitative estimate of drug-likeness (QED) is 0.372. The predicted octanol–water partition coefficient (Wildman–Crippen LogP) is 4.62. The molecule has 6 nitrogen and oxygen atoms in total. The van der Waals surface area contributed by atoms with Gasteiger partial charge in [0.05, 0.1) is 13.2 Å². The van der Waals surface area contributed by atoms with Gasteiger partial charge < -0.3 is 20.5 Å².